The Morgan fingerprint density at radius 2 is 2.10 bits per heavy atom. The van der Waals surface area contributed by atoms with Gasteiger partial charge < -0.3 is 20.0 Å². The second kappa shape index (κ2) is 7.38. The zero-order valence-corrected chi connectivity index (χ0v) is 13.2. The lowest BCUT2D eigenvalue weighted by molar-refractivity contribution is 0.0797. The van der Waals surface area contributed by atoms with Gasteiger partial charge in [0.25, 0.3) is 5.91 Å². The molecule has 0 bridgehead atoms. The Morgan fingerprint density at radius 3 is 2.76 bits per heavy atom. The number of carbonyl (C=O) groups is 1. The maximum absolute atomic E-state index is 12.4. The Morgan fingerprint density at radius 1 is 1.38 bits per heavy atom. The minimum atomic E-state index is 0.0445. The Balaban J connectivity index is 2.05. The molecule has 1 aliphatic rings. The number of carbonyl (C=O) groups excluding carboxylic acids is 1. The summed E-state index contributed by atoms with van der Waals surface area (Å²) in [5, 5.41) is 3.05. The predicted octanol–water partition coefficient (Wildman–Crippen LogP) is 0.125. The van der Waals surface area contributed by atoms with Crippen LogP contribution < -0.4 is 10.2 Å². The SMILES string of the molecule is CNCCN(C)C(=O)c1ccnc(N2CCN(C)CC2)c1. The van der Waals surface area contributed by atoms with Crippen molar-refractivity contribution in [1.29, 1.82) is 0 Å². The van der Waals surface area contributed by atoms with Gasteiger partial charge in [0, 0.05) is 58.1 Å². The summed E-state index contributed by atoms with van der Waals surface area (Å²) in [5.41, 5.74) is 0.706. The van der Waals surface area contributed by atoms with Gasteiger partial charge in [-0.15, -0.1) is 0 Å². The van der Waals surface area contributed by atoms with Crippen molar-refractivity contribution in [1.82, 2.24) is 20.1 Å². The highest BCUT2D eigenvalue weighted by Crippen LogP contribution is 2.15. The zero-order chi connectivity index (χ0) is 15.2. The van der Waals surface area contributed by atoms with E-state index in [4.69, 9.17) is 0 Å². The van der Waals surface area contributed by atoms with E-state index in [1.807, 2.05) is 20.2 Å². The minimum absolute atomic E-state index is 0.0445. The minimum Gasteiger partial charge on any atom is -0.354 e. The van der Waals surface area contributed by atoms with Crippen molar-refractivity contribution in [2.75, 3.05) is 65.3 Å². The molecular weight excluding hydrogens is 266 g/mol. The number of anilines is 1. The number of hydrogen-bond donors (Lipinski definition) is 1. The summed E-state index contributed by atoms with van der Waals surface area (Å²) >= 11 is 0. The third kappa shape index (κ3) is 4.15. The summed E-state index contributed by atoms with van der Waals surface area (Å²) < 4.78 is 0. The van der Waals surface area contributed by atoms with Gasteiger partial charge in [-0.3, -0.25) is 4.79 Å². The van der Waals surface area contributed by atoms with Crippen LogP contribution in [0, 0.1) is 0 Å². The van der Waals surface area contributed by atoms with Crippen molar-refractivity contribution in [3.05, 3.63) is 23.9 Å². The Labute approximate surface area is 126 Å². The lowest BCUT2D eigenvalue weighted by Crippen LogP contribution is -2.44. The van der Waals surface area contributed by atoms with Crippen LogP contribution in [-0.4, -0.2) is 81.1 Å². The summed E-state index contributed by atoms with van der Waals surface area (Å²) in [6, 6.07) is 3.70. The van der Waals surface area contributed by atoms with E-state index in [0.29, 0.717) is 12.1 Å². The lowest BCUT2D eigenvalue weighted by Gasteiger charge is -2.33. The van der Waals surface area contributed by atoms with Gasteiger partial charge in [0.15, 0.2) is 0 Å². The average Bonchev–Trinajstić information content (AvgIpc) is 2.52. The van der Waals surface area contributed by atoms with Gasteiger partial charge in [0.2, 0.25) is 0 Å². The van der Waals surface area contributed by atoms with Crippen LogP contribution in [0.5, 0.6) is 0 Å². The molecule has 1 fully saturated rings. The number of hydrogen-bond acceptors (Lipinski definition) is 5. The number of nitrogens with zero attached hydrogens (tertiary/aromatic N) is 4. The first-order chi connectivity index (χ1) is 10.1. The van der Waals surface area contributed by atoms with Crippen LogP contribution in [0.25, 0.3) is 0 Å². The molecule has 0 atom stereocenters. The first kappa shape index (κ1) is 15.7. The lowest BCUT2D eigenvalue weighted by atomic mass is 10.2. The molecule has 0 aromatic carbocycles. The molecule has 6 heteroatoms. The van der Waals surface area contributed by atoms with E-state index in [1.165, 1.54) is 0 Å². The van der Waals surface area contributed by atoms with Gasteiger partial charge in [0.05, 0.1) is 0 Å². The van der Waals surface area contributed by atoms with Crippen molar-refractivity contribution in [2.45, 2.75) is 0 Å². The molecule has 1 saturated heterocycles. The number of piperazine rings is 1. The van der Waals surface area contributed by atoms with Crippen LogP contribution in [0.3, 0.4) is 0 Å². The van der Waals surface area contributed by atoms with Gasteiger partial charge in [0.1, 0.15) is 5.82 Å². The molecule has 0 spiro atoms. The molecule has 1 N–H and O–H groups in total. The third-order valence-electron chi connectivity index (χ3n) is 3.86. The average molecular weight is 291 g/mol. The van der Waals surface area contributed by atoms with Crippen LogP contribution >= 0.6 is 0 Å². The van der Waals surface area contributed by atoms with Gasteiger partial charge in [-0.05, 0) is 26.2 Å². The molecule has 0 unspecified atom stereocenters. The second-order valence-electron chi connectivity index (χ2n) is 5.52. The molecular formula is C15H25N5O. The maximum atomic E-state index is 12.4. The van der Waals surface area contributed by atoms with E-state index >= 15 is 0 Å². The monoisotopic (exact) mass is 291 g/mol. The molecule has 0 saturated carbocycles. The van der Waals surface area contributed by atoms with Crippen LogP contribution in [0.1, 0.15) is 10.4 Å². The van der Waals surface area contributed by atoms with Crippen LogP contribution in [-0.2, 0) is 0 Å². The maximum Gasteiger partial charge on any atom is 0.253 e. The van der Waals surface area contributed by atoms with E-state index in [1.54, 1.807) is 17.2 Å². The molecule has 1 aliphatic heterocycles. The summed E-state index contributed by atoms with van der Waals surface area (Å²) in [5.74, 6) is 0.944. The fourth-order valence-electron chi connectivity index (χ4n) is 2.36. The quantitative estimate of drug-likeness (QED) is 0.835. The predicted molar refractivity (Wildman–Crippen MR) is 84.8 cm³/mol. The molecule has 116 valence electrons. The van der Waals surface area contributed by atoms with Gasteiger partial charge in [-0.2, -0.15) is 0 Å². The fraction of sp³-hybridized carbons (Fsp3) is 0.600. The zero-order valence-electron chi connectivity index (χ0n) is 13.2. The molecule has 2 heterocycles. The number of likely N-dealkylation sites (N-methyl/N-ethyl adjacent to an activating group) is 3. The highest BCUT2D eigenvalue weighted by molar-refractivity contribution is 5.94. The molecule has 0 aliphatic carbocycles. The van der Waals surface area contributed by atoms with Crippen LogP contribution in [0.2, 0.25) is 0 Å². The van der Waals surface area contributed by atoms with Gasteiger partial charge >= 0.3 is 0 Å². The third-order valence-corrected chi connectivity index (χ3v) is 3.86. The van der Waals surface area contributed by atoms with Gasteiger partial charge in [-0.25, -0.2) is 4.98 Å². The highest BCUT2D eigenvalue weighted by Gasteiger charge is 2.17. The Hall–Kier alpha value is -1.66. The van der Waals surface area contributed by atoms with Crippen molar-refractivity contribution in [3.8, 4) is 0 Å². The second-order valence-corrected chi connectivity index (χ2v) is 5.52. The van der Waals surface area contributed by atoms with E-state index < -0.39 is 0 Å². The molecule has 1 aromatic rings. The first-order valence-electron chi connectivity index (χ1n) is 7.41. The number of pyridine rings is 1. The Kier molecular flexibility index (Phi) is 5.52. The fourth-order valence-corrected chi connectivity index (χ4v) is 2.36. The molecule has 1 amide bonds. The van der Waals surface area contributed by atoms with Crippen molar-refractivity contribution >= 4 is 11.7 Å². The number of nitrogens with one attached hydrogen (secondary N) is 1. The Bertz CT molecular complexity index is 471. The van der Waals surface area contributed by atoms with Gasteiger partial charge in [-0.1, -0.05) is 0 Å². The first-order valence-corrected chi connectivity index (χ1v) is 7.41. The number of rotatable bonds is 5. The summed E-state index contributed by atoms with van der Waals surface area (Å²) in [7, 11) is 5.84. The van der Waals surface area contributed by atoms with Crippen molar-refractivity contribution in [2.24, 2.45) is 0 Å². The number of amides is 1. The normalized spacial score (nSPS) is 16.0. The van der Waals surface area contributed by atoms with Crippen LogP contribution in [0.4, 0.5) is 5.82 Å². The van der Waals surface area contributed by atoms with E-state index in [-0.39, 0.29) is 5.91 Å². The molecule has 6 nitrogen and oxygen atoms in total. The van der Waals surface area contributed by atoms with E-state index in [0.717, 1.165) is 38.5 Å². The summed E-state index contributed by atoms with van der Waals surface area (Å²) in [4.78, 5) is 23.1. The summed E-state index contributed by atoms with van der Waals surface area (Å²) in [6.45, 7) is 5.46. The smallest absolute Gasteiger partial charge is 0.253 e. The number of aromatic nitrogens is 1. The van der Waals surface area contributed by atoms with Crippen molar-refractivity contribution in [3.63, 3.8) is 0 Å². The molecule has 0 radical (unpaired) electrons. The largest absolute Gasteiger partial charge is 0.354 e. The highest BCUT2D eigenvalue weighted by atomic mass is 16.2. The molecule has 1 aromatic heterocycles. The van der Waals surface area contributed by atoms with Crippen molar-refractivity contribution < 1.29 is 4.79 Å². The van der Waals surface area contributed by atoms with E-state index in [9.17, 15) is 4.79 Å². The van der Waals surface area contributed by atoms with Crippen LogP contribution in [0.15, 0.2) is 18.3 Å². The standard InChI is InChI=1S/C15H25N5O/c1-16-6-7-19(3)15(21)13-4-5-17-14(12-13)20-10-8-18(2)9-11-20/h4-5,12,16H,6-11H2,1-3H3. The molecule has 21 heavy (non-hydrogen) atoms. The van der Waals surface area contributed by atoms with E-state index in [2.05, 4.69) is 27.1 Å². The topological polar surface area (TPSA) is 51.7 Å². The summed E-state index contributed by atoms with van der Waals surface area (Å²) in [6.07, 6.45) is 1.73. The molecule has 2 rings (SSSR count).